The molecule has 0 N–H and O–H groups in total. The molecule has 0 aliphatic heterocycles. The standard InChI is InChI=1S/C13H8Cl2N2S/c1-8-7-18-13(17-8)10(6-16)4-9-2-3-11(14)12(15)5-9/h2-5,7H,1H3/b10-4+. The van der Waals surface area contributed by atoms with Crippen LogP contribution in [0.3, 0.4) is 0 Å². The highest BCUT2D eigenvalue weighted by atomic mass is 35.5. The molecule has 0 spiro atoms. The van der Waals surface area contributed by atoms with Crippen molar-refractivity contribution < 1.29 is 0 Å². The summed E-state index contributed by atoms with van der Waals surface area (Å²) in [5.41, 5.74) is 2.26. The molecule has 0 bridgehead atoms. The summed E-state index contributed by atoms with van der Waals surface area (Å²) >= 11 is 13.2. The summed E-state index contributed by atoms with van der Waals surface area (Å²) in [4.78, 5) is 4.29. The maximum atomic E-state index is 9.16. The molecule has 1 heterocycles. The third-order valence-corrected chi connectivity index (χ3v) is 3.96. The first-order valence-corrected chi connectivity index (χ1v) is 6.73. The van der Waals surface area contributed by atoms with E-state index in [0.717, 1.165) is 11.3 Å². The number of aryl methyl sites for hydroxylation is 1. The van der Waals surface area contributed by atoms with Gasteiger partial charge < -0.3 is 0 Å². The number of benzene rings is 1. The van der Waals surface area contributed by atoms with Crippen LogP contribution in [0.25, 0.3) is 11.6 Å². The number of rotatable bonds is 2. The first kappa shape index (κ1) is 13.1. The van der Waals surface area contributed by atoms with Gasteiger partial charge in [-0.2, -0.15) is 5.26 Å². The monoisotopic (exact) mass is 294 g/mol. The first-order chi connectivity index (χ1) is 8.60. The van der Waals surface area contributed by atoms with Crippen molar-refractivity contribution in [2.24, 2.45) is 0 Å². The van der Waals surface area contributed by atoms with Gasteiger partial charge in [-0.25, -0.2) is 4.98 Å². The van der Waals surface area contributed by atoms with E-state index in [0.29, 0.717) is 20.6 Å². The average Bonchev–Trinajstić information content (AvgIpc) is 2.77. The summed E-state index contributed by atoms with van der Waals surface area (Å²) < 4.78 is 0. The molecule has 0 saturated carbocycles. The SMILES string of the molecule is Cc1csc(/C(C#N)=C/c2ccc(Cl)c(Cl)c2)n1. The van der Waals surface area contributed by atoms with Crippen molar-refractivity contribution in [1.82, 2.24) is 4.98 Å². The van der Waals surface area contributed by atoms with Crippen LogP contribution in [0, 0.1) is 18.3 Å². The first-order valence-electron chi connectivity index (χ1n) is 5.09. The van der Waals surface area contributed by atoms with Crippen LogP contribution in [0.4, 0.5) is 0 Å². The van der Waals surface area contributed by atoms with Gasteiger partial charge in [0.15, 0.2) is 0 Å². The normalized spacial score (nSPS) is 11.3. The molecular formula is C13H8Cl2N2S. The number of aromatic nitrogens is 1. The van der Waals surface area contributed by atoms with Gasteiger partial charge in [-0.3, -0.25) is 0 Å². The predicted molar refractivity (Wildman–Crippen MR) is 76.8 cm³/mol. The molecule has 2 aromatic rings. The fourth-order valence-corrected chi connectivity index (χ4v) is 2.46. The molecule has 0 atom stereocenters. The molecule has 90 valence electrons. The molecule has 0 aliphatic carbocycles. The number of nitriles is 1. The van der Waals surface area contributed by atoms with Crippen LogP contribution in [-0.2, 0) is 0 Å². The number of hydrogen-bond donors (Lipinski definition) is 0. The minimum atomic E-state index is 0.470. The van der Waals surface area contributed by atoms with Gasteiger partial charge in [0.05, 0.1) is 15.6 Å². The summed E-state index contributed by atoms with van der Waals surface area (Å²) in [5, 5.41) is 12.8. The number of thiazole rings is 1. The summed E-state index contributed by atoms with van der Waals surface area (Å²) in [6.45, 7) is 1.90. The lowest BCUT2D eigenvalue weighted by atomic mass is 10.1. The molecule has 2 nitrogen and oxygen atoms in total. The highest BCUT2D eigenvalue weighted by molar-refractivity contribution is 7.11. The minimum Gasteiger partial charge on any atom is -0.241 e. The Kier molecular flexibility index (Phi) is 4.03. The van der Waals surface area contributed by atoms with E-state index < -0.39 is 0 Å². The molecule has 0 aliphatic rings. The summed E-state index contributed by atoms with van der Waals surface area (Å²) in [6, 6.07) is 7.39. The van der Waals surface area contributed by atoms with Crippen molar-refractivity contribution in [2.45, 2.75) is 6.92 Å². The Morgan fingerprint density at radius 2 is 2.17 bits per heavy atom. The maximum Gasteiger partial charge on any atom is 0.134 e. The lowest BCUT2D eigenvalue weighted by molar-refractivity contribution is 1.25. The third kappa shape index (κ3) is 2.91. The highest BCUT2D eigenvalue weighted by Crippen LogP contribution is 2.26. The van der Waals surface area contributed by atoms with Crippen LogP contribution in [0.1, 0.15) is 16.3 Å². The van der Waals surface area contributed by atoms with Gasteiger partial charge in [0, 0.05) is 11.1 Å². The van der Waals surface area contributed by atoms with E-state index in [9.17, 15) is 0 Å². The van der Waals surface area contributed by atoms with Gasteiger partial charge in [0.2, 0.25) is 0 Å². The topological polar surface area (TPSA) is 36.7 Å². The lowest BCUT2D eigenvalue weighted by Gasteiger charge is -1.98. The predicted octanol–water partition coefficient (Wildman–Crippen LogP) is 4.82. The summed E-state index contributed by atoms with van der Waals surface area (Å²) in [5.74, 6) is 0. The number of allylic oxidation sites excluding steroid dienone is 1. The molecule has 0 unspecified atom stereocenters. The van der Waals surface area contributed by atoms with Crippen molar-refractivity contribution in [3.8, 4) is 6.07 Å². The Hall–Kier alpha value is -1.34. The van der Waals surface area contributed by atoms with E-state index in [2.05, 4.69) is 11.1 Å². The molecule has 0 saturated heterocycles. The van der Waals surface area contributed by atoms with Crippen LogP contribution in [-0.4, -0.2) is 4.98 Å². The van der Waals surface area contributed by atoms with Crippen molar-refractivity contribution in [3.05, 3.63) is 49.9 Å². The Balaban J connectivity index is 2.41. The Labute approximate surface area is 119 Å². The molecule has 2 rings (SSSR count). The smallest absolute Gasteiger partial charge is 0.134 e. The second kappa shape index (κ2) is 5.53. The zero-order valence-electron chi connectivity index (χ0n) is 9.45. The van der Waals surface area contributed by atoms with E-state index in [-0.39, 0.29) is 0 Å². The fourth-order valence-electron chi connectivity index (χ4n) is 1.39. The maximum absolute atomic E-state index is 9.16. The van der Waals surface area contributed by atoms with Crippen LogP contribution < -0.4 is 0 Å². The summed E-state index contributed by atoms with van der Waals surface area (Å²) in [6.07, 6.45) is 1.75. The van der Waals surface area contributed by atoms with Gasteiger partial charge >= 0.3 is 0 Å². The van der Waals surface area contributed by atoms with Gasteiger partial charge in [-0.05, 0) is 30.7 Å². The van der Waals surface area contributed by atoms with Crippen LogP contribution >= 0.6 is 34.5 Å². The Bertz CT molecular complexity index is 653. The van der Waals surface area contributed by atoms with Gasteiger partial charge in [0.1, 0.15) is 11.1 Å². The molecule has 0 radical (unpaired) electrons. The molecule has 0 fully saturated rings. The molecular weight excluding hydrogens is 287 g/mol. The molecule has 5 heteroatoms. The van der Waals surface area contributed by atoms with Crippen LogP contribution in [0.15, 0.2) is 23.6 Å². The Morgan fingerprint density at radius 1 is 1.39 bits per heavy atom. The van der Waals surface area contributed by atoms with Crippen molar-refractivity contribution in [2.75, 3.05) is 0 Å². The zero-order valence-corrected chi connectivity index (χ0v) is 11.8. The van der Waals surface area contributed by atoms with E-state index in [1.807, 2.05) is 18.4 Å². The second-order valence-electron chi connectivity index (χ2n) is 3.64. The quantitative estimate of drug-likeness (QED) is 0.744. The molecule has 18 heavy (non-hydrogen) atoms. The molecule has 0 amide bonds. The van der Waals surface area contributed by atoms with E-state index >= 15 is 0 Å². The number of halogens is 2. The molecule has 1 aromatic heterocycles. The Morgan fingerprint density at radius 3 is 2.72 bits per heavy atom. The minimum absolute atomic E-state index is 0.470. The number of nitrogens with zero attached hydrogens (tertiary/aromatic N) is 2. The lowest BCUT2D eigenvalue weighted by Crippen LogP contribution is -1.82. The van der Waals surface area contributed by atoms with E-state index in [4.69, 9.17) is 28.5 Å². The summed E-state index contributed by atoms with van der Waals surface area (Å²) in [7, 11) is 0. The van der Waals surface area contributed by atoms with Crippen LogP contribution in [0.5, 0.6) is 0 Å². The fraction of sp³-hybridized carbons (Fsp3) is 0.0769. The van der Waals surface area contributed by atoms with Gasteiger partial charge in [0.25, 0.3) is 0 Å². The molecule has 1 aromatic carbocycles. The van der Waals surface area contributed by atoms with E-state index in [1.54, 1.807) is 18.2 Å². The van der Waals surface area contributed by atoms with Crippen molar-refractivity contribution in [1.29, 1.82) is 5.26 Å². The zero-order chi connectivity index (χ0) is 13.1. The van der Waals surface area contributed by atoms with Crippen molar-refractivity contribution in [3.63, 3.8) is 0 Å². The van der Waals surface area contributed by atoms with Crippen molar-refractivity contribution >= 4 is 46.2 Å². The highest BCUT2D eigenvalue weighted by Gasteiger charge is 2.06. The van der Waals surface area contributed by atoms with Gasteiger partial charge in [-0.15, -0.1) is 11.3 Å². The second-order valence-corrected chi connectivity index (χ2v) is 5.31. The number of hydrogen-bond acceptors (Lipinski definition) is 3. The largest absolute Gasteiger partial charge is 0.241 e. The van der Waals surface area contributed by atoms with E-state index in [1.165, 1.54) is 11.3 Å². The van der Waals surface area contributed by atoms with Crippen LogP contribution in [0.2, 0.25) is 10.0 Å². The average molecular weight is 295 g/mol. The van der Waals surface area contributed by atoms with Gasteiger partial charge in [-0.1, -0.05) is 29.3 Å². The third-order valence-electron chi connectivity index (χ3n) is 2.22.